The van der Waals surface area contributed by atoms with Crippen molar-refractivity contribution in [1.82, 2.24) is 14.5 Å². The van der Waals surface area contributed by atoms with Crippen LogP contribution >= 0.6 is 23.1 Å². The Kier molecular flexibility index (Phi) is 5.75. The molecule has 7 heteroatoms. The fourth-order valence-electron chi connectivity index (χ4n) is 2.52. The minimum atomic E-state index is -0.260. The van der Waals surface area contributed by atoms with E-state index in [1.54, 1.807) is 34.9 Å². The molecule has 0 saturated heterocycles. The molecule has 2 rings (SSSR count). The molecule has 1 unspecified atom stereocenters. The van der Waals surface area contributed by atoms with E-state index in [2.05, 4.69) is 0 Å². The average molecular weight is 368 g/mol. The van der Waals surface area contributed by atoms with Crippen LogP contribution in [-0.4, -0.2) is 39.7 Å². The highest BCUT2D eigenvalue weighted by atomic mass is 32.2. The maximum Gasteiger partial charge on any atom is 0.263 e. The minimum Gasteiger partial charge on any atom is -0.348 e. The number of carbonyl (C=O) groups excluding carboxylic acids is 1. The fraction of sp³-hybridized carbons (Fsp3) is 0.588. The zero-order valence-electron chi connectivity index (χ0n) is 15.3. The lowest BCUT2D eigenvalue weighted by Gasteiger charge is -2.23. The quantitative estimate of drug-likeness (QED) is 0.601. The highest BCUT2D eigenvalue weighted by Crippen LogP contribution is 2.32. The molecule has 0 radical (unpaired) electrons. The molecule has 0 spiro atoms. The Morgan fingerprint density at radius 1 is 1.33 bits per heavy atom. The summed E-state index contributed by atoms with van der Waals surface area (Å²) in [6.45, 7) is 10.5. The number of hydrogen-bond acceptors (Lipinski definition) is 5. The maximum absolute atomic E-state index is 12.9. The van der Waals surface area contributed by atoms with Gasteiger partial charge in [0.1, 0.15) is 4.83 Å². The summed E-state index contributed by atoms with van der Waals surface area (Å²) in [5.74, 6) is 0.195. The first-order chi connectivity index (χ1) is 11.2. The number of rotatable bonds is 5. The molecule has 2 heterocycles. The summed E-state index contributed by atoms with van der Waals surface area (Å²) in [7, 11) is 3.52. The highest BCUT2D eigenvalue weighted by molar-refractivity contribution is 8.00. The van der Waals surface area contributed by atoms with Crippen LogP contribution in [0.4, 0.5) is 0 Å². The topological polar surface area (TPSA) is 55.2 Å². The van der Waals surface area contributed by atoms with E-state index in [-0.39, 0.29) is 22.6 Å². The largest absolute Gasteiger partial charge is 0.348 e. The van der Waals surface area contributed by atoms with E-state index >= 15 is 0 Å². The number of nitrogens with zero attached hydrogens (tertiary/aromatic N) is 3. The molecule has 0 N–H and O–H groups in total. The highest BCUT2D eigenvalue weighted by Gasteiger charge is 2.27. The lowest BCUT2D eigenvalue weighted by molar-refractivity contribution is -0.128. The Bertz CT molecular complexity index is 821. The first-order valence-corrected chi connectivity index (χ1v) is 9.76. The number of amides is 1. The Morgan fingerprint density at radius 3 is 2.46 bits per heavy atom. The second-order valence-electron chi connectivity index (χ2n) is 6.42. The van der Waals surface area contributed by atoms with Crippen LogP contribution in [0.1, 0.15) is 31.2 Å². The lowest BCUT2D eigenvalue weighted by atomic mass is 10.1. The minimum absolute atomic E-state index is 0.00772. The van der Waals surface area contributed by atoms with Gasteiger partial charge < -0.3 is 4.90 Å². The van der Waals surface area contributed by atoms with Gasteiger partial charge in [0.15, 0.2) is 5.16 Å². The van der Waals surface area contributed by atoms with E-state index in [1.807, 2.05) is 34.6 Å². The molecule has 2 aromatic heterocycles. The predicted molar refractivity (Wildman–Crippen MR) is 102 cm³/mol. The molecule has 0 aliphatic rings. The van der Waals surface area contributed by atoms with Gasteiger partial charge in [-0.3, -0.25) is 14.2 Å². The van der Waals surface area contributed by atoms with Crippen LogP contribution in [0.5, 0.6) is 0 Å². The molecular formula is C17H25N3O2S2. The van der Waals surface area contributed by atoms with Crippen LogP contribution in [0, 0.1) is 19.8 Å². The first kappa shape index (κ1) is 19.0. The number of thiophene rings is 1. The van der Waals surface area contributed by atoms with Gasteiger partial charge in [0.05, 0.1) is 10.6 Å². The van der Waals surface area contributed by atoms with Crippen LogP contribution in [0.25, 0.3) is 10.2 Å². The third kappa shape index (κ3) is 3.37. The zero-order chi connectivity index (χ0) is 18.2. The van der Waals surface area contributed by atoms with Crippen molar-refractivity contribution in [3.05, 3.63) is 20.8 Å². The predicted octanol–water partition coefficient (Wildman–Crippen LogP) is 3.30. The fourth-order valence-corrected chi connectivity index (χ4v) is 4.89. The molecule has 1 atom stereocenters. The molecular weight excluding hydrogens is 342 g/mol. The molecule has 0 fully saturated rings. The van der Waals surface area contributed by atoms with Crippen LogP contribution in [0.15, 0.2) is 9.95 Å². The van der Waals surface area contributed by atoms with E-state index in [0.29, 0.717) is 17.1 Å². The maximum atomic E-state index is 12.9. The summed E-state index contributed by atoms with van der Waals surface area (Å²) >= 11 is 2.94. The van der Waals surface area contributed by atoms with Crippen LogP contribution in [0.2, 0.25) is 0 Å². The van der Waals surface area contributed by atoms with E-state index in [9.17, 15) is 9.59 Å². The van der Waals surface area contributed by atoms with E-state index in [4.69, 9.17) is 4.98 Å². The molecule has 0 saturated carbocycles. The normalized spacial score (nSPS) is 12.8. The van der Waals surface area contributed by atoms with Crippen molar-refractivity contribution in [3.63, 3.8) is 0 Å². The van der Waals surface area contributed by atoms with Gasteiger partial charge >= 0.3 is 0 Å². The number of aryl methyl sites for hydroxylation is 2. The third-order valence-electron chi connectivity index (χ3n) is 4.09. The summed E-state index contributed by atoms with van der Waals surface area (Å²) in [6.07, 6.45) is 0. The van der Waals surface area contributed by atoms with Gasteiger partial charge in [0, 0.05) is 25.5 Å². The van der Waals surface area contributed by atoms with Gasteiger partial charge in [-0.25, -0.2) is 4.98 Å². The smallest absolute Gasteiger partial charge is 0.263 e. The van der Waals surface area contributed by atoms with Crippen molar-refractivity contribution < 1.29 is 4.79 Å². The molecule has 1 amide bonds. The molecule has 2 aromatic rings. The van der Waals surface area contributed by atoms with Crippen molar-refractivity contribution >= 4 is 39.2 Å². The van der Waals surface area contributed by atoms with Gasteiger partial charge in [-0.15, -0.1) is 11.3 Å². The molecule has 0 aromatic carbocycles. The van der Waals surface area contributed by atoms with Crippen molar-refractivity contribution in [1.29, 1.82) is 0 Å². The molecule has 0 aliphatic heterocycles. The second-order valence-corrected chi connectivity index (χ2v) is 8.73. The van der Waals surface area contributed by atoms with Crippen LogP contribution in [0.3, 0.4) is 0 Å². The van der Waals surface area contributed by atoms with Gasteiger partial charge in [0.2, 0.25) is 5.91 Å². The van der Waals surface area contributed by atoms with E-state index < -0.39 is 0 Å². The van der Waals surface area contributed by atoms with Gasteiger partial charge in [0.25, 0.3) is 5.56 Å². The summed E-state index contributed by atoms with van der Waals surface area (Å²) < 4.78 is 1.68. The lowest BCUT2D eigenvalue weighted by Crippen LogP contribution is -2.35. The molecule has 0 aliphatic carbocycles. The zero-order valence-corrected chi connectivity index (χ0v) is 17.0. The van der Waals surface area contributed by atoms with Crippen LogP contribution in [-0.2, 0) is 11.3 Å². The summed E-state index contributed by atoms with van der Waals surface area (Å²) in [5.41, 5.74) is 1.00. The standard InChI is InChI=1S/C17H25N3O2S2/c1-8-20-15(21)12-10(4)11(5)23-14(12)18-17(20)24-13(9(2)3)16(22)19(6)7/h9,13H,8H2,1-7H3. The molecule has 5 nitrogen and oxygen atoms in total. The number of fused-ring (bicyclic) bond motifs is 1. The van der Waals surface area contributed by atoms with Crippen molar-refractivity contribution in [2.24, 2.45) is 5.92 Å². The van der Waals surface area contributed by atoms with Crippen molar-refractivity contribution in [3.8, 4) is 0 Å². The Hall–Kier alpha value is -1.34. The van der Waals surface area contributed by atoms with Gasteiger partial charge in [-0.2, -0.15) is 0 Å². The van der Waals surface area contributed by atoms with E-state index in [0.717, 1.165) is 15.3 Å². The number of hydrogen-bond donors (Lipinski definition) is 0. The molecule has 0 bridgehead atoms. The summed E-state index contributed by atoms with van der Waals surface area (Å²) in [6, 6.07) is 0. The van der Waals surface area contributed by atoms with Gasteiger partial charge in [-0.05, 0) is 32.3 Å². The SMILES string of the molecule is CCn1c(SC(C(=O)N(C)C)C(C)C)nc2sc(C)c(C)c2c1=O. The Morgan fingerprint density at radius 2 is 1.96 bits per heavy atom. The first-order valence-electron chi connectivity index (χ1n) is 8.07. The van der Waals surface area contributed by atoms with Crippen molar-refractivity contribution in [2.75, 3.05) is 14.1 Å². The second kappa shape index (κ2) is 7.27. The van der Waals surface area contributed by atoms with Crippen LogP contribution < -0.4 is 5.56 Å². The number of thioether (sulfide) groups is 1. The monoisotopic (exact) mass is 367 g/mol. The average Bonchev–Trinajstić information content (AvgIpc) is 2.78. The Balaban J connectivity index is 2.59. The number of carbonyl (C=O) groups is 1. The van der Waals surface area contributed by atoms with E-state index in [1.165, 1.54) is 11.8 Å². The molecule has 132 valence electrons. The summed E-state index contributed by atoms with van der Waals surface area (Å²) in [4.78, 5) is 33.6. The Labute approximate surface area is 151 Å². The molecule has 24 heavy (non-hydrogen) atoms. The van der Waals surface area contributed by atoms with Gasteiger partial charge in [-0.1, -0.05) is 25.6 Å². The third-order valence-corrected chi connectivity index (χ3v) is 6.72. The van der Waals surface area contributed by atoms with Crippen molar-refractivity contribution in [2.45, 2.75) is 51.6 Å². The summed E-state index contributed by atoms with van der Waals surface area (Å²) in [5, 5.41) is 1.08. The number of aromatic nitrogens is 2.